The van der Waals surface area contributed by atoms with Crippen LogP contribution in [0.25, 0.3) is 0 Å². The maximum absolute atomic E-state index is 11.8. The monoisotopic (exact) mass is 223 g/mol. The van der Waals surface area contributed by atoms with Gasteiger partial charge in [-0.3, -0.25) is 4.79 Å². The van der Waals surface area contributed by atoms with E-state index in [9.17, 15) is 4.79 Å². The zero-order chi connectivity index (χ0) is 11.7. The lowest BCUT2D eigenvalue weighted by Gasteiger charge is -2.23. The van der Waals surface area contributed by atoms with E-state index in [1.807, 2.05) is 23.4 Å². The quantitative estimate of drug-likeness (QED) is 0.762. The summed E-state index contributed by atoms with van der Waals surface area (Å²) in [5.74, 6) is 1.25. The average molecular weight is 223 g/mol. The Morgan fingerprint density at radius 2 is 2.44 bits per heavy atom. The maximum Gasteiger partial charge on any atom is 0.223 e. The van der Waals surface area contributed by atoms with Crippen molar-refractivity contribution in [3.63, 3.8) is 0 Å². The Morgan fingerprint density at radius 1 is 1.69 bits per heavy atom. The number of likely N-dealkylation sites (tertiary alicyclic amines) is 1. The minimum atomic E-state index is -0.0310. The van der Waals surface area contributed by atoms with Gasteiger partial charge < -0.3 is 15.2 Å². The van der Waals surface area contributed by atoms with Gasteiger partial charge in [-0.05, 0) is 19.4 Å². The van der Waals surface area contributed by atoms with Crippen LogP contribution in [0.4, 0.5) is 0 Å². The van der Waals surface area contributed by atoms with Crippen LogP contribution in [0.2, 0.25) is 0 Å². The van der Waals surface area contributed by atoms with Gasteiger partial charge in [-0.25, -0.2) is 0 Å². The fraction of sp³-hybridized carbons (Fsp3) is 0.700. The number of aryl methyl sites for hydroxylation is 1. The van der Waals surface area contributed by atoms with Crippen LogP contribution in [0.1, 0.15) is 25.2 Å². The highest BCUT2D eigenvalue weighted by molar-refractivity contribution is 5.79. The van der Waals surface area contributed by atoms with E-state index in [1.54, 1.807) is 6.33 Å². The SMILES string of the molecule is CC(c1nncn1C)N1CC(CN)CC1=O. The predicted octanol–water partition coefficient (Wildman–Crippen LogP) is -0.317. The molecule has 0 aromatic carbocycles. The van der Waals surface area contributed by atoms with Gasteiger partial charge in [0.25, 0.3) is 0 Å². The Morgan fingerprint density at radius 3 is 2.94 bits per heavy atom. The number of nitrogens with two attached hydrogens (primary N) is 1. The van der Waals surface area contributed by atoms with Crippen molar-refractivity contribution in [1.29, 1.82) is 0 Å². The second kappa shape index (κ2) is 4.21. The number of rotatable bonds is 3. The topological polar surface area (TPSA) is 77.0 Å². The van der Waals surface area contributed by atoms with Crippen LogP contribution in [-0.2, 0) is 11.8 Å². The average Bonchev–Trinajstić information content (AvgIpc) is 2.83. The fourth-order valence-corrected chi connectivity index (χ4v) is 2.15. The highest BCUT2D eigenvalue weighted by Crippen LogP contribution is 2.26. The molecule has 1 aliphatic rings. The lowest BCUT2D eigenvalue weighted by Crippen LogP contribution is -2.30. The smallest absolute Gasteiger partial charge is 0.223 e. The van der Waals surface area contributed by atoms with E-state index in [1.165, 1.54) is 0 Å². The van der Waals surface area contributed by atoms with E-state index in [-0.39, 0.29) is 17.9 Å². The van der Waals surface area contributed by atoms with E-state index < -0.39 is 0 Å². The summed E-state index contributed by atoms with van der Waals surface area (Å²) in [5.41, 5.74) is 5.59. The van der Waals surface area contributed by atoms with Crippen LogP contribution in [0.15, 0.2) is 6.33 Å². The molecule has 16 heavy (non-hydrogen) atoms. The van der Waals surface area contributed by atoms with Crippen LogP contribution >= 0.6 is 0 Å². The molecule has 2 atom stereocenters. The summed E-state index contributed by atoms with van der Waals surface area (Å²) >= 11 is 0. The van der Waals surface area contributed by atoms with Gasteiger partial charge in [-0.15, -0.1) is 10.2 Å². The Balaban J connectivity index is 2.14. The molecule has 2 N–H and O–H groups in total. The number of amides is 1. The molecule has 2 unspecified atom stereocenters. The molecule has 1 saturated heterocycles. The first-order chi connectivity index (χ1) is 7.63. The molecule has 0 bridgehead atoms. The summed E-state index contributed by atoms with van der Waals surface area (Å²) in [4.78, 5) is 13.6. The van der Waals surface area contributed by atoms with Crippen molar-refractivity contribution in [3.8, 4) is 0 Å². The largest absolute Gasteiger partial charge is 0.332 e. The summed E-state index contributed by atoms with van der Waals surface area (Å²) in [6.45, 7) is 3.26. The Hall–Kier alpha value is -1.43. The highest BCUT2D eigenvalue weighted by atomic mass is 16.2. The molecule has 1 aromatic rings. The minimum absolute atomic E-state index is 0.0310. The van der Waals surface area contributed by atoms with Gasteiger partial charge in [0.1, 0.15) is 6.33 Å². The van der Waals surface area contributed by atoms with Crippen LogP contribution < -0.4 is 5.73 Å². The third-order valence-electron chi connectivity index (χ3n) is 3.16. The predicted molar refractivity (Wildman–Crippen MR) is 58.3 cm³/mol. The van der Waals surface area contributed by atoms with Gasteiger partial charge in [0.15, 0.2) is 5.82 Å². The van der Waals surface area contributed by atoms with Crippen molar-refractivity contribution < 1.29 is 4.79 Å². The molecule has 1 fully saturated rings. The Kier molecular flexibility index (Phi) is 2.91. The highest BCUT2D eigenvalue weighted by Gasteiger charge is 2.33. The summed E-state index contributed by atoms with van der Waals surface area (Å²) in [5, 5.41) is 7.86. The van der Waals surface area contributed by atoms with Gasteiger partial charge in [0, 0.05) is 20.0 Å². The van der Waals surface area contributed by atoms with Crippen molar-refractivity contribution in [2.24, 2.45) is 18.7 Å². The third-order valence-corrected chi connectivity index (χ3v) is 3.16. The standard InChI is InChI=1S/C10H17N5O/c1-7(10-13-12-6-14(10)2)15-5-8(4-11)3-9(15)16/h6-8H,3-5,11H2,1-2H3. The summed E-state index contributed by atoms with van der Waals surface area (Å²) in [6, 6.07) is -0.0310. The second-order valence-corrected chi connectivity index (χ2v) is 4.33. The van der Waals surface area contributed by atoms with E-state index in [0.717, 1.165) is 12.4 Å². The number of aromatic nitrogens is 3. The van der Waals surface area contributed by atoms with Crippen molar-refractivity contribution in [3.05, 3.63) is 12.2 Å². The zero-order valence-corrected chi connectivity index (χ0v) is 9.63. The van der Waals surface area contributed by atoms with Crippen LogP contribution in [-0.4, -0.2) is 38.7 Å². The Bertz CT molecular complexity index is 388. The maximum atomic E-state index is 11.8. The molecule has 2 heterocycles. The Labute approximate surface area is 94.4 Å². The summed E-state index contributed by atoms with van der Waals surface area (Å²) in [7, 11) is 1.88. The molecule has 0 spiro atoms. The number of carbonyl (C=O) groups excluding carboxylic acids is 1. The first-order valence-electron chi connectivity index (χ1n) is 5.47. The van der Waals surface area contributed by atoms with Gasteiger partial charge in [-0.1, -0.05) is 0 Å². The van der Waals surface area contributed by atoms with Crippen LogP contribution in [0, 0.1) is 5.92 Å². The zero-order valence-electron chi connectivity index (χ0n) is 9.63. The molecule has 6 nitrogen and oxygen atoms in total. The lowest BCUT2D eigenvalue weighted by molar-refractivity contribution is -0.129. The van der Waals surface area contributed by atoms with Gasteiger partial charge in [0.05, 0.1) is 6.04 Å². The molecule has 1 aliphatic heterocycles. The van der Waals surface area contributed by atoms with Crippen LogP contribution in [0.3, 0.4) is 0 Å². The second-order valence-electron chi connectivity index (χ2n) is 4.33. The lowest BCUT2D eigenvalue weighted by atomic mass is 10.1. The number of carbonyl (C=O) groups is 1. The minimum Gasteiger partial charge on any atom is -0.332 e. The molecule has 1 amide bonds. The molecular formula is C10H17N5O. The van der Waals surface area contributed by atoms with Crippen molar-refractivity contribution in [2.75, 3.05) is 13.1 Å². The molecule has 0 saturated carbocycles. The third kappa shape index (κ3) is 1.80. The summed E-state index contributed by atoms with van der Waals surface area (Å²) in [6.07, 6.45) is 2.20. The summed E-state index contributed by atoms with van der Waals surface area (Å²) < 4.78 is 1.84. The van der Waals surface area contributed by atoms with Crippen LogP contribution in [0.5, 0.6) is 0 Å². The molecular weight excluding hydrogens is 206 g/mol. The molecule has 6 heteroatoms. The molecule has 0 aliphatic carbocycles. The molecule has 2 rings (SSSR count). The first kappa shape index (κ1) is 11.1. The van der Waals surface area contributed by atoms with E-state index >= 15 is 0 Å². The van der Waals surface area contributed by atoms with Crippen molar-refractivity contribution in [1.82, 2.24) is 19.7 Å². The fourth-order valence-electron chi connectivity index (χ4n) is 2.15. The molecule has 0 radical (unpaired) electrons. The number of nitrogens with zero attached hydrogens (tertiary/aromatic N) is 4. The van der Waals surface area contributed by atoms with Gasteiger partial charge >= 0.3 is 0 Å². The van der Waals surface area contributed by atoms with E-state index in [0.29, 0.717) is 13.0 Å². The van der Waals surface area contributed by atoms with Gasteiger partial charge in [-0.2, -0.15) is 0 Å². The number of hydrogen-bond acceptors (Lipinski definition) is 4. The van der Waals surface area contributed by atoms with E-state index in [4.69, 9.17) is 5.73 Å². The first-order valence-corrected chi connectivity index (χ1v) is 5.47. The normalized spacial score (nSPS) is 22.8. The molecule has 1 aromatic heterocycles. The number of hydrogen-bond donors (Lipinski definition) is 1. The van der Waals surface area contributed by atoms with Gasteiger partial charge in [0.2, 0.25) is 5.91 Å². The van der Waals surface area contributed by atoms with Crippen molar-refractivity contribution in [2.45, 2.75) is 19.4 Å². The molecule has 88 valence electrons. The van der Waals surface area contributed by atoms with E-state index in [2.05, 4.69) is 10.2 Å². The van der Waals surface area contributed by atoms with Crippen molar-refractivity contribution >= 4 is 5.91 Å².